The van der Waals surface area contributed by atoms with Gasteiger partial charge in [0.25, 0.3) is 0 Å². The van der Waals surface area contributed by atoms with Crippen molar-refractivity contribution in [2.45, 2.75) is 40.0 Å². The zero-order chi connectivity index (χ0) is 13.2. The lowest BCUT2D eigenvalue weighted by molar-refractivity contribution is -0.127. The fourth-order valence-corrected chi connectivity index (χ4v) is 4.15. The minimum absolute atomic E-state index is 0.311. The Morgan fingerprint density at radius 1 is 1.28 bits per heavy atom. The van der Waals surface area contributed by atoms with E-state index in [9.17, 15) is 4.79 Å². The van der Waals surface area contributed by atoms with Crippen molar-refractivity contribution in [2.24, 2.45) is 17.3 Å². The van der Waals surface area contributed by atoms with Gasteiger partial charge in [-0.3, -0.25) is 4.79 Å². The monoisotopic (exact) mass is 269 g/mol. The predicted molar refractivity (Wildman–Crippen MR) is 79.1 cm³/mol. The van der Waals surface area contributed by atoms with Crippen molar-refractivity contribution in [1.82, 2.24) is 4.90 Å². The van der Waals surface area contributed by atoms with Crippen LogP contribution in [0.3, 0.4) is 0 Å². The Morgan fingerprint density at radius 3 is 2.56 bits per heavy atom. The molecular weight excluding hydrogens is 242 g/mol. The number of carbonyl (C=O) groups excluding carboxylic acids is 1. The fourth-order valence-electron chi connectivity index (χ4n) is 3.17. The summed E-state index contributed by atoms with van der Waals surface area (Å²) in [6.45, 7) is 10.3. The van der Waals surface area contributed by atoms with Gasteiger partial charge in [0.15, 0.2) is 0 Å². The first-order valence-corrected chi connectivity index (χ1v) is 8.45. The largest absolute Gasteiger partial charge is 0.301 e. The summed E-state index contributed by atoms with van der Waals surface area (Å²) in [4.78, 5) is 14.6. The molecule has 1 aliphatic carbocycles. The minimum Gasteiger partial charge on any atom is -0.301 e. The van der Waals surface area contributed by atoms with E-state index in [1.54, 1.807) is 0 Å². The van der Waals surface area contributed by atoms with Gasteiger partial charge in [0.1, 0.15) is 5.78 Å². The summed E-state index contributed by atoms with van der Waals surface area (Å²) in [5.74, 6) is 4.03. The second-order valence-corrected chi connectivity index (χ2v) is 8.14. The van der Waals surface area contributed by atoms with Gasteiger partial charge in [-0.1, -0.05) is 20.8 Å². The van der Waals surface area contributed by atoms with Crippen molar-refractivity contribution in [3.63, 3.8) is 0 Å². The molecule has 1 saturated carbocycles. The van der Waals surface area contributed by atoms with Crippen molar-refractivity contribution in [3.8, 4) is 0 Å². The highest BCUT2D eigenvalue weighted by Gasteiger charge is 2.35. The topological polar surface area (TPSA) is 20.3 Å². The van der Waals surface area contributed by atoms with Crippen molar-refractivity contribution in [3.05, 3.63) is 0 Å². The van der Waals surface area contributed by atoms with Crippen LogP contribution in [0.15, 0.2) is 0 Å². The first-order chi connectivity index (χ1) is 8.47. The molecule has 2 rings (SSSR count). The number of rotatable bonds is 2. The van der Waals surface area contributed by atoms with Crippen molar-refractivity contribution in [2.75, 3.05) is 31.1 Å². The third-order valence-corrected chi connectivity index (χ3v) is 5.51. The maximum atomic E-state index is 12.1. The van der Waals surface area contributed by atoms with Crippen LogP contribution in [0, 0.1) is 17.3 Å². The highest BCUT2D eigenvalue weighted by molar-refractivity contribution is 7.99. The summed E-state index contributed by atoms with van der Waals surface area (Å²) in [5, 5.41) is 0. The highest BCUT2D eigenvalue weighted by atomic mass is 32.2. The van der Waals surface area contributed by atoms with Crippen LogP contribution in [0.25, 0.3) is 0 Å². The molecule has 2 nitrogen and oxygen atoms in total. The minimum atomic E-state index is 0.311. The van der Waals surface area contributed by atoms with Gasteiger partial charge in [-0.2, -0.15) is 11.8 Å². The zero-order valence-corrected chi connectivity index (χ0v) is 12.9. The molecule has 2 unspecified atom stereocenters. The summed E-state index contributed by atoms with van der Waals surface area (Å²) < 4.78 is 0. The van der Waals surface area contributed by atoms with E-state index < -0.39 is 0 Å². The van der Waals surface area contributed by atoms with Crippen LogP contribution < -0.4 is 0 Å². The molecule has 1 heterocycles. The predicted octanol–water partition coefficient (Wildman–Crippen LogP) is 3.07. The van der Waals surface area contributed by atoms with Crippen molar-refractivity contribution < 1.29 is 4.79 Å². The molecule has 0 radical (unpaired) electrons. The second-order valence-electron chi connectivity index (χ2n) is 6.91. The number of hydrogen-bond acceptors (Lipinski definition) is 3. The maximum Gasteiger partial charge on any atom is 0.137 e. The summed E-state index contributed by atoms with van der Waals surface area (Å²) in [5.41, 5.74) is 0.358. The Hall–Kier alpha value is -0.0200. The molecular formula is C15H27NOS. The van der Waals surface area contributed by atoms with Gasteiger partial charge in [-0.15, -0.1) is 0 Å². The van der Waals surface area contributed by atoms with E-state index in [4.69, 9.17) is 0 Å². The second kappa shape index (κ2) is 5.96. The number of Topliss-reactive ketones (excluding diaryl/α,β-unsaturated/α-hetero) is 1. The van der Waals surface area contributed by atoms with Gasteiger partial charge >= 0.3 is 0 Å². The molecule has 2 atom stereocenters. The zero-order valence-electron chi connectivity index (χ0n) is 12.1. The van der Waals surface area contributed by atoms with Gasteiger partial charge in [0.05, 0.1) is 0 Å². The Balaban J connectivity index is 1.91. The molecule has 2 aliphatic rings. The van der Waals surface area contributed by atoms with Gasteiger partial charge in [0, 0.05) is 43.5 Å². The van der Waals surface area contributed by atoms with E-state index in [1.165, 1.54) is 24.6 Å². The number of thioether (sulfide) groups is 1. The van der Waals surface area contributed by atoms with Crippen LogP contribution in [0.1, 0.15) is 40.0 Å². The van der Waals surface area contributed by atoms with E-state index in [2.05, 4.69) is 25.7 Å². The number of carbonyl (C=O) groups is 1. The summed E-state index contributed by atoms with van der Waals surface area (Å²) in [7, 11) is 0. The third-order valence-electron chi connectivity index (χ3n) is 4.57. The molecule has 3 heteroatoms. The lowest BCUT2D eigenvalue weighted by Crippen LogP contribution is -2.42. The number of ketones is 1. The molecule has 0 spiro atoms. The molecule has 0 aromatic rings. The van der Waals surface area contributed by atoms with E-state index in [0.717, 1.165) is 31.7 Å². The molecule has 104 valence electrons. The van der Waals surface area contributed by atoms with Gasteiger partial charge in [-0.25, -0.2) is 0 Å². The van der Waals surface area contributed by atoms with Gasteiger partial charge < -0.3 is 4.90 Å². The van der Waals surface area contributed by atoms with Crippen LogP contribution in [0.2, 0.25) is 0 Å². The summed E-state index contributed by atoms with van der Waals surface area (Å²) in [6.07, 6.45) is 3.04. The Labute approximate surface area is 116 Å². The molecule has 0 aromatic heterocycles. The average molecular weight is 269 g/mol. The van der Waals surface area contributed by atoms with E-state index >= 15 is 0 Å². The Morgan fingerprint density at radius 2 is 1.94 bits per heavy atom. The quantitative estimate of drug-likeness (QED) is 0.768. The van der Waals surface area contributed by atoms with E-state index in [-0.39, 0.29) is 0 Å². The standard InChI is InChI=1S/C15H27NOS/c1-15(2,3)13-4-5-14(17)12(10-13)11-16-6-8-18-9-7-16/h12-13H,4-11H2,1-3H3. The molecule has 1 saturated heterocycles. The first-order valence-electron chi connectivity index (χ1n) is 7.29. The van der Waals surface area contributed by atoms with Crippen LogP contribution in [-0.2, 0) is 4.79 Å². The third kappa shape index (κ3) is 3.74. The fraction of sp³-hybridized carbons (Fsp3) is 0.933. The van der Waals surface area contributed by atoms with Gasteiger partial charge in [-0.05, 0) is 24.2 Å². The van der Waals surface area contributed by atoms with Crippen LogP contribution in [-0.4, -0.2) is 41.8 Å². The summed E-state index contributed by atoms with van der Waals surface area (Å²) >= 11 is 2.04. The molecule has 0 N–H and O–H groups in total. The van der Waals surface area contributed by atoms with Crippen LogP contribution >= 0.6 is 11.8 Å². The lowest BCUT2D eigenvalue weighted by atomic mass is 9.68. The molecule has 2 fully saturated rings. The number of nitrogens with zero attached hydrogens (tertiary/aromatic N) is 1. The molecule has 0 bridgehead atoms. The van der Waals surface area contributed by atoms with Crippen LogP contribution in [0.4, 0.5) is 0 Å². The van der Waals surface area contributed by atoms with Crippen LogP contribution in [0.5, 0.6) is 0 Å². The Bertz CT molecular complexity index is 291. The van der Waals surface area contributed by atoms with Crippen molar-refractivity contribution in [1.29, 1.82) is 0 Å². The lowest BCUT2D eigenvalue weighted by Gasteiger charge is -2.39. The first kappa shape index (κ1) is 14.4. The number of hydrogen-bond donors (Lipinski definition) is 0. The van der Waals surface area contributed by atoms with Gasteiger partial charge in [0.2, 0.25) is 0 Å². The highest BCUT2D eigenvalue weighted by Crippen LogP contribution is 2.39. The van der Waals surface area contributed by atoms with E-state index in [0.29, 0.717) is 17.1 Å². The smallest absolute Gasteiger partial charge is 0.137 e. The molecule has 18 heavy (non-hydrogen) atoms. The SMILES string of the molecule is CC(C)(C)C1CCC(=O)C(CN2CCSCC2)C1. The Kier molecular flexibility index (Phi) is 4.76. The van der Waals surface area contributed by atoms with E-state index in [1.807, 2.05) is 11.8 Å². The normalized spacial score (nSPS) is 31.6. The maximum absolute atomic E-state index is 12.1. The molecule has 0 amide bonds. The molecule has 0 aromatic carbocycles. The molecule has 1 aliphatic heterocycles. The summed E-state index contributed by atoms with van der Waals surface area (Å²) in [6, 6.07) is 0. The van der Waals surface area contributed by atoms with Crippen molar-refractivity contribution >= 4 is 17.5 Å². The average Bonchev–Trinajstić information content (AvgIpc) is 2.32.